The van der Waals surface area contributed by atoms with Gasteiger partial charge in [0.2, 0.25) is 0 Å². The van der Waals surface area contributed by atoms with E-state index in [1.165, 1.54) is 0 Å². The second-order valence-electron chi connectivity index (χ2n) is 4.92. The highest BCUT2D eigenvalue weighted by Crippen LogP contribution is 2.28. The van der Waals surface area contributed by atoms with Gasteiger partial charge in [-0.25, -0.2) is 4.79 Å². The predicted molar refractivity (Wildman–Crippen MR) is 86.0 cm³/mol. The molecule has 110 valence electrons. The van der Waals surface area contributed by atoms with Crippen LogP contribution < -0.4 is 11.1 Å². The molecule has 0 saturated carbocycles. The Morgan fingerprint density at radius 2 is 1.86 bits per heavy atom. The Kier molecular flexibility index (Phi) is 4.48. The van der Waals surface area contributed by atoms with E-state index in [2.05, 4.69) is 5.32 Å². The Bertz CT molecular complexity index is 646. The van der Waals surface area contributed by atoms with Crippen molar-refractivity contribution in [1.29, 1.82) is 0 Å². The summed E-state index contributed by atoms with van der Waals surface area (Å²) >= 11 is 0. The molecule has 0 fully saturated rings. The van der Waals surface area contributed by atoms with Crippen LogP contribution >= 0.6 is 0 Å². The average Bonchev–Trinajstić information content (AvgIpc) is 2.44. The number of nitrogens with two attached hydrogens (primary N) is 1. The van der Waals surface area contributed by atoms with Gasteiger partial charge in [0, 0.05) is 11.4 Å². The summed E-state index contributed by atoms with van der Waals surface area (Å²) in [5.74, 6) is -0.376. The molecule has 0 aliphatic carbocycles. The van der Waals surface area contributed by atoms with E-state index >= 15 is 0 Å². The molecule has 0 aliphatic heterocycles. The number of hydrogen-bond acceptors (Lipinski definition) is 4. The van der Waals surface area contributed by atoms with Crippen molar-refractivity contribution in [3.8, 4) is 0 Å². The molecule has 4 nitrogen and oxygen atoms in total. The van der Waals surface area contributed by atoms with Gasteiger partial charge in [-0.05, 0) is 50.1 Å². The first kappa shape index (κ1) is 14.9. The predicted octanol–water partition coefficient (Wildman–Crippen LogP) is 3.81. The van der Waals surface area contributed by atoms with Crippen LogP contribution in [0.4, 0.5) is 17.1 Å². The third-order valence-corrected chi connectivity index (χ3v) is 3.28. The maximum Gasteiger partial charge on any atom is 0.340 e. The number of rotatable bonds is 4. The van der Waals surface area contributed by atoms with E-state index in [9.17, 15) is 4.79 Å². The van der Waals surface area contributed by atoms with Crippen LogP contribution in [-0.4, -0.2) is 12.6 Å². The third kappa shape index (κ3) is 3.34. The molecule has 0 aromatic heterocycles. The summed E-state index contributed by atoms with van der Waals surface area (Å²) in [5, 5.41) is 3.32. The van der Waals surface area contributed by atoms with Crippen LogP contribution in [0.15, 0.2) is 36.4 Å². The number of nitrogen functional groups attached to an aromatic ring is 1. The lowest BCUT2D eigenvalue weighted by Gasteiger charge is -2.15. The normalized spacial score (nSPS) is 10.2. The van der Waals surface area contributed by atoms with Gasteiger partial charge >= 0.3 is 5.97 Å². The van der Waals surface area contributed by atoms with Crippen molar-refractivity contribution in [2.24, 2.45) is 0 Å². The highest BCUT2D eigenvalue weighted by Gasteiger charge is 2.14. The summed E-state index contributed by atoms with van der Waals surface area (Å²) in [6.45, 7) is 6.16. The van der Waals surface area contributed by atoms with Gasteiger partial charge < -0.3 is 15.8 Å². The molecular weight excluding hydrogens is 264 g/mol. The molecule has 0 bridgehead atoms. The van der Waals surface area contributed by atoms with Gasteiger partial charge in [-0.1, -0.05) is 18.2 Å². The Morgan fingerprint density at radius 1 is 1.19 bits per heavy atom. The molecule has 21 heavy (non-hydrogen) atoms. The Morgan fingerprint density at radius 3 is 2.48 bits per heavy atom. The summed E-state index contributed by atoms with van der Waals surface area (Å²) in [6, 6.07) is 11.2. The molecular formula is C17H20N2O2. The van der Waals surface area contributed by atoms with Gasteiger partial charge in [0.1, 0.15) is 0 Å². The number of esters is 1. The van der Waals surface area contributed by atoms with Crippen LogP contribution in [0.3, 0.4) is 0 Å². The third-order valence-electron chi connectivity index (χ3n) is 3.28. The van der Waals surface area contributed by atoms with Crippen LogP contribution in [0.5, 0.6) is 0 Å². The molecule has 0 saturated heterocycles. The van der Waals surface area contributed by atoms with E-state index in [4.69, 9.17) is 10.5 Å². The molecule has 0 unspecified atom stereocenters. The summed E-state index contributed by atoms with van der Waals surface area (Å²) in [5.41, 5.74) is 10.7. The van der Waals surface area contributed by atoms with E-state index in [0.717, 1.165) is 16.8 Å². The molecule has 0 spiro atoms. The van der Waals surface area contributed by atoms with Crippen molar-refractivity contribution in [2.45, 2.75) is 20.8 Å². The number of ether oxygens (including phenoxy) is 1. The number of para-hydroxylation sites is 1. The van der Waals surface area contributed by atoms with Crippen molar-refractivity contribution >= 4 is 23.0 Å². The van der Waals surface area contributed by atoms with Crippen LogP contribution in [-0.2, 0) is 4.74 Å². The Balaban J connectivity index is 2.42. The van der Waals surface area contributed by atoms with Crippen molar-refractivity contribution in [3.63, 3.8) is 0 Å². The first-order chi connectivity index (χ1) is 10.0. The topological polar surface area (TPSA) is 64.3 Å². The summed E-state index contributed by atoms with van der Waals surface area (Å²) in [7, 11) is 0. The second kappa shape index (κ2) is 6.31. The zero-order chi connectivity index (χ0) is 15.4. The van der Waals surface area contributed by atoms with Gasteiger partial charge in [-0.3, -0.25) is 0 Å². The number of hydrogen-bond donors (Lipinski definition) is 2. The smallest absolute Gasteiger partial charge is 0.340 e. The number of aryl methyl sites for hydroxylation is 2. The molecule has 0 atom stereocenters. The van der Waals surface area contributed by atoms with Crippen molar-refractivity contribution in [3.05, 3.63) is 53.1 Å². The fourth-order valence-electron chi connectivity index (χ4n) is 2.19. The van der Waals surface area contributed by atoms with E-state index in [1.807, 2.05) is 32.0 Å². The van der Waals surface area contributed by atoms with E-state index in [1.54, 1.807) is 25.1 Å². The molecule has 0 radical (unpaired) electrons. The van der Waals surface area contributed by atoms with Crippen LogP contribution in [0.25, 0.3) is 0 Å². The van der Waals surface area contributed by atoms with Crippen molar-refractivity contribution in [1.82, 2.24) is 0 Å². The molecule has 2 rings (SSSR count). The number of carbonyl (C=O) groups excluding carboxylic acids is 1. The van der Waals surface area contributed by atoms with Gasteiger partial charge in [0.15, 0.2) is 0 Å². The largest absolute Gasteiger partial charge is 0.462 e. The lowest BCUT2D eigenvalue weighted by Crippen LogP contribution is -2.09. The van der Waals surface area contributed by atoms with Crippen LogP contribution in [0, 0.1) is 13.8 Å². The number of anilines is 3. The van der Waals surface area contributed by atoms with Crippen LogP contribution in [0.1, 0.15) is 28.4 Å². The van der Waals surface area contributed by atoms with Gasteiger partial charge in [0.25, 0.3) is 0 Å². The minimum absolute atomic E-state index is 0.330. The minimum Gasteiger partial charge on any atom is -0.462 e. The Hall–Kier alpha value is -2.49. The van der Waals surface area contributed by atoms with E-state index in [0.29, 0.717) is 23.5 Å². The molecule has 0 aliphatic rings. The molecule has 2 aromatic rings. The lowest BCUT2D eigenvalue weighted by atomic mass is 10.1. The van der Waals surface area contributed by atoms with Gasteiger partial charge in [-0.15, -0.1) is 0 Å². The highest BCUT2D eigenvalue weighted by atomic mass is 16.5. The average molecular weight is 284 g/mol. The lowest BCUT2D eigenvalue weighted by molar-refractivity contribution is 0.0527. The summed E-state index contributed by atoms with van der Waals surface area (Å²) in [6.07, 6.45) is 0. The van der Waals surface area contributed by atoms with E-state index in [-0.39, 0.29) is 5.97 Å². The number of nitrogens with one attached hydrogen (secondary N) is 1. The van der Waals surface area contributed by atoms with Crippen molar-refractivity contribution < 1.29 is 9.53 Å². The highest BCUT2D eigenvalue weighted by molar-refractivity contribution is 5.97. The summed E-state index contributed by atoms with van der Waals surface area (Å²) in [4.78, 5) is 12.1. The number of benzene rings is 2. The number of carbonyl (C=O) groups is 1. The van der Waals surface area contributed by atoms with Crippen LogP contribution in [0.2, 0.25) is 0 Å². The second-order valence-corrected chi connectivity index (χ2v) is 4.92. The molecule has 2 aromatic carbocycles. The molecule has 3 N–H and O–H groups in total. The quantitative estimate of drug-likeness (QED) is 0.662. The molecule has 0 amide bonds. The minimum atomic E-state index is -0.376. The maximum atomic E-state index is 12.1. The fraction of sp³-hybridized carbons (Fsp3) is 0.235. The van der Waals surface area contributed by atoms with E-state index < -0.39 is 0 Å². The monoisotopic (exact) mass is 284 g/mol. The first-order valence-electron chi connectivity index (χ1n) is 6.92. The maximum absolute atomic E-state index is 12.1. The molecule has 0 heterocycles. The molecule has 4 heteroatoms. The zero-order valence-electron chi connectivity index (χ0n) is 12.6. The van der Waals surface area contributed by atoms with Crippen molar-refractivity contribution in [2.75, 3.05) is 17.7 Å². The first-order valence-corrected chi connectivity index (χ1v) is 6.92. The van der Waals surface area contributed by atoms with Gasteiger partial charge in [-0.2, -0.15) is 0 Å². The van der Waals surface area contributed by atoms with Gasteiger partial charge in [0.05, 0.1) is 17.9 Å². The SMILES string of the molecule is CCOC(=O)c1cc(N)ccc1Nc1c(C)cccc1C. The summed E-state index contributed by atoms with van der Waals surface area (Å²) < 4.78 is 5.09. The zero-order valence-corrected chi connectivity index (χ0v) is 12.6. The standard InChI is InChI=1S/C17H20N2O2/c1-4-21-17(20)14-10-13(18)8-9-15(14)19-16-11(2)6-5-7-12(16)3/h5-10,19H,4,18H2,1-3H3. The fourth-order valence-corrected chi connectivity index (χ4v) is 2.19. The Labute approximate surface area is 124 Å².